The van der Waals surface area contributed by atoms with Gasteiger partial charge in [-0.15, -0.1) is 6.58 Å². The van der Waals surface area contributed by atoms with E-state index < -0.39 is 12.2 Å². The van der Waals surface area contributed by atoms with E-state index in [9.17, 15) is 10.2 Å². The van der Waals surface area contributed by atoms with Gasteiger partial charge in [-0.2, -0.15) is 0 Å². The maximum absolute atomic E-state index is 9.62. The summed E-state index contributed by atoms with van der Waals surface area (Å²) in [5, 5.41) is 19.1. The standard InChI is InChI=1S/C11H14O2/c1-2-6-10(12)11(13)9-7-4-3-5-8-9/h2-5,7-8,10-13H,1,6H2/t10?,11-/m1/s1. The van der Waals surface area contributed by atoms with Crippen molar-refractivity contribution >= 4 is 0 Å². The first-order valence-corrected chi connectivity index (χ1v) is 4.27. The Bertz CT molecular complexity index is 256. The van der Waals surface area contributed by atoms with Crippen molar-refractivity contribution in [1.29, 1.82) is 0 Å². The molecule has 2 N–H and O–H groups in total. The molecule has 13 heavy (non-hydrogen) atoms. The Kier molecular flexibility index (Phi) is 3.68. The Balaban J connectivity index is 2.67. The number of benzene rings is 1. The van der Waals surface area contributed by atoms with Crippen LogP contribution in [0.4, 0.5) is 0 Å². The molecule has 0 aliphatic heterocycles. The van der Waals surface area contributed by atoms with Gasteiger partial charge in [-0.1, -0.05) is 36.4 Å². The summed E-state index contributed by atoms with van der Waals surface area (Å²) in [6.45, 7) is 3.51. The fourth-order valence-corrected chi connectivity index (χ4v) is 1.17. The Hall–Kier alpha value is -1.12. The van der Waals surface area contributed by atoms with Crippen LogP contribution < -0.4 is 0 Å². The number of hydrogen-bond donors (Lipinski definition) is 2. The summed E-state index contributed by atoms with van der Waals surface area (Å²) in [5.41, 5.74) is 0.733. The molecule has 0 fully saturated rings. The lowest BCUT2D eigenvalue weighted by Gasteiger charge is -2.16. The molecule has 0 aliphatic rings. The van der Waals surface area contributed by atoms with Gasteiger partial charge in [0.05, 0.1) is 6.10 Å². The van der Waals surface area contributed by atoms with Crippen LogP contribution in [0.3, 0.4) is 0 Å². The van der Waals surface area contributed by atoms with Crippen LogP contribution in [0.1, 0.15) is 18.1 Å². The zero-order valence-electron chi connectivity index (χ0n) is 7.43. The predicted octanol–water partition coefficient (Wildman–Crippen LogP) is 1.66. The maximum atomic E-state index is 9.62. The minimum absolute atomic E-state index is 0.399. The highest BCUT2D eigenvalue weighted by Crippen LogP contribution is 2.18. The second kappa shape index (κ2) is 4.80. The molecule has 0 saturated heterocycles. The largest absolute Gasteiger partial charge is 0.390 e. The lowest BCUT2D eigenvalue weighted by atomic mass is 10.0. The highest BCUT2D eigenvalue weighted by molar-refractivity contribution is 5.18. The van der Waals surface area contributed by atoms with Crippen molar-refractivity contribution in [2.45, 2.75) is 18.6 Å². The van der Waals surface area contributed by atoms with E-state index in [1.807, 2.05) is 18.2 Å². The lowest BCUT2D eigenvalue weighted by molar-refractivity contribution is 0.0206. The van der Waals surface area contributed by atoms with Crippen LogP contribution in [0.25, 0.3) is 0 Å². The van der Waals surface area contributed by atoms with Crippen LogP contribution in [-0.2, 0) is 0 Å². The second-order valence-corrected chi connectivity index (χ2v) is 2.95. The molecule has 2 atom stereocenters. The molecule has 0 bridgehead atoms. The zero-order valence-corrected chi connectivity index (χ0v) is 7.43. The van der Waals surface area contributed by atoms with Crippen LogP contribution in [0.15, 0.2) is 43.0 Å². The summed E-state index contributed by atoms with van der Waals surface area (Å²) in [4.78, 5) is 0. The highest BCUT2D eigenvalue weighted by atomic mass is 16.3. The van der Waals surface area contributed by atoms with E-state index in [0.29, 0.717) is 6.42 Å². The molecule has 0 radical (unpaired) electrons. The second-order valence-electron chi connectivity index (χ2n) is 2.95. The molecule has 1 aromatic rings. The molecule has 1 unspecified atom stereocenters. The van der Waals surface area contributed by atoms with Crippen molar-refractivity contribution < 1.29 is 10.2 Å². The minimum atomic E-state index is -0.820. The maximum Gasteiger partial charge on any atom is 0.105 e. The van der Waals surface area contributed by atoms with E-state index in [4.69, 9.17) is 0 Å². The third-order valence-electron chi connectivity index (χ3n) is 1.91. The number of aliphatic hydroxyl groups excluding tert-OH is 2. The van der Waals surface area contributed by atoms with Gasteiger partial charge in [-0.05, 0) is 12.0 Å². The summed E-state index contributed by atoms with van der Waals surface area (Å²) in [5.74, 6) is 0. The summed E-state index contributed by atoms with van der Waals surface area (Å²) in [6.07, 6.45) is 0.409. The van der Waals surface area contributed by atoms with Gasteiger partial charge in [-0.25, -0.2) is 0 Å². The molecule has 0 saturated carbocycles. The first-order chi connectivity index (χ1) is 6.25. The van der Waals surface area contributed by atoms with Crippen LogP contribution in [0.5, 0.6) is 0 Å². The monoisotopic (exact) mass is 178 g/mol. The quantitative estimate of drug-likeness (QED) is 0.688. The molecule has 0 heterocycles. The molecular formula is C11H14O2. The molecule has 0 aliphatic carbocycles. The topological polar surface area (TPSA) is 40.5 Å². The Morgan fingerprint density at radius 3 is 2.38 bits per heavy atom. The summed E-state index contributed by atoms with van der Waals surface area (Å²) in [6, 6.07) is 9.11. The Labute approximate surface area is 78.2 Å². The van der Waals surface area contributed by atoms with Crippen molar-refractivity contribution in [2.75, 3.05) is 0 Å². The van der Waals surface area contributed by atoms with Crippen molar-refractivity contribution in [3.63, 3.8) is 0 Å². The van der Waals surface area contributed by atoms with E-state index >= 15 is 0 Å². The van der Waals surface area contributed by atoms with Gasteiger partial charge in [0.15, 0.2) is 0 Å². The van der Waals surface area contributed by atoms with Gasteiger partial charge in [0.25, 0.3) is 0 Å². The van der Waals surface area contributed by atoms with Gasteiger partial charge in [-0.3, -0.25) is 0 Å². The molecule has 0 spiro atoms. The van der Waals surface area contributed by atoms with Gasteiger partial charge in [0, 0.05) is 0 Å². The lowest BCUT2D eigenvalue weighted by Crippen LogP contribution is -2.16. The smallest absolute Gasteiger partial charge is 0.105 e. The van der Waals surface area contributed by atoms with E-state index in [1.165, 1.54) is 0 Å². The number of hydrogen-bond acceptors (Lipinski definition) is 2. The van der Waals surface area contributed by atoms with Gasteiger partial charge < -0.3 is 10.2 Å². The first kappa shape index (κ1) is 9.96. The normalized spacial score (nSPS) is 14.9. The summed E-state index contributed by atoms with van der Waals surface area (Å²) in [7, 11) is 0. The fourth-order valence-electron chi connectivity index (χ4n) is 1.17. The van der Waals surface area contributed by atoms with Gasteiger partial charge >= 0.3 is 0 Å². The minimum Gasteiger partial charge on any atom is -0.390 e. The van der Waals surface area contributed by atoms with Crippen LogP contribution in [-0.4, -0.2) is 16.3 Å². The van der Waals surface area contributed by atoms with Crippen LogP contribution in [0.2, 0.25) is 0 Å². The average Bonchev–Trinajstić information content (AvgIpc) is 2.18. The predicted molar refractivity (Wildman–Crippen MR) is 52.2 cm³/mol. The molecule has 2 heteroatoms. The zero-order chi connectivity index (χ0) is 9.68. The van der Waals surface area contributed by atoms with Gasteiger partial charge in [0.2, 0.25) is 0 Å². The molecule has 2 nitrogen and oxygen atoms in total. The van der Waals surface area contributed by atoms with E-state index in [1.54, 1.807) is 18.2 Å². The molecular weight excluding hydrogens is 164 g/mol. The van der Waals surface area contributed by atoms with Crippen LogP contribution in [0, 0.1) is 0 Å². The summed E-state index contributed by atoms with van der Waals surface area (Å²) >= 11 is 0. The average molecular weight is 178 g/mol. The fraction of sp³-hybridized carbons (Fsp3) is 0.273. The first-order valence-electron chi connectivity index (χ1n) is 4.27. The van der Waals surface area contributed by atoms with Crippen molar-refractivity contribution in [3.8, 4) is 0 Å². The van der Waals surface area contributed by atoms with Crippen LogP contribution >= 0.6 is 0 Å². The third kappa shape index (κ3) is 2.68. The van der Waals surface area contributed by atoms with Gasteiger partial charge in [0.1, 0.15) is 6.10 Å². The number of aliphatic hydroxyl groups is 2. The van der Waals surface area contributed by atoms with Crippen molar-refractivity contribution in [1.82, 2.24) is 0 Å². The molecule has 0 amide bonds. The molecule has 1 aromatic carbocycles. The molecule has 1 rings (SSSR count). The Morgan fingerprint density at radius 2 is 1.85 bits per heavy atom. The molecule has 70 valence electrons. The van der Waals surface area contributed by atoms with E-state index in [-0.39, 0.29) is 0 Å². The summed E-state index contributed by atoms with van der Waals surface area (Å²) < 4.78 is 0. The van der Waals surface area contributed by atoms with Crippen molar-refractivity contribution in [3.05, 3.63) is 48.6 Å². The third-order valence-corrected chi connectivity index (χ3v) is 1.91. The Morgan fingerprint density at radius 1 is 1.23 bits per heavy atom. The highest BCUT2D eigenvalue weighted by Gasteiger charge is 2.15. The SMILES string of the molecule is C=CCC(O)[C@H](O)c1ccccc1. The van der Waals surface area contributed by atoms with Crippen molar-refractivity contribution in [2.24, 2.45) is 0 Å². The molecule has 0 aromatic heterocycles. The van der Waals surface area contributed by atoms with E-state index in [0.717, 1.165) is 5.56 Å². The number of rotatable bonds is 4. The van der Waals surface area contributed by atoms with E-state index in [2.05, 4.69) is 6.58 Å².